The van der Waals surface area contributed by atoms with E-state index in [0.29, 0.717) is 18.7 Å². The first-order chi connectivity index (χ1) is 11.2. The third-order valence-corrected chi connectivity index (χ3v) is 3.46. The maximum absolute atomic E-state index is 12.2. The van der Waals surface area contributed by atoms with Gasteiger partial charge in [-0.1, -0.05) is 24.3 Å². The van der Waals surface area contributed by atoms with Gasteiger partial charge in [0.15, 0.2) is 0 Å². The quantitative estimate of drug-likeness (QED) is 0.789. The first kappa shape index (κ1) is 20.8. The second-order valence-corrected chi connectivity index (χ2v) is 7.02. The number of hydrogen-bond acceptors (Lipinski definition) is 3. The number of aryl methyl sites for hydroxylation is 1. The minimum absolute atomic E-state index is 0. The summed E-state index contributed by atoms with van der Waals surface area (Å²) >= 11 is 0. The van der Waals surface area contributed by atoms with Crippen molar-refractivity contribution >= 4 is 24.0 Å². The number of halogens is 1. The fourth-order valence-electron chi connectivity index (χ4n) is 2.31. The third-order valence-electron chi connectivity index (χ3n) is 3.46. The number of nitrogens with one attached hydrogen (secondary N) is 1. The summed E-state index contributed by atoms with van der Waals surface area (Å²) in [5.41, 5.74) is 9.12. The van der Waals surface area contributed by atoms with Gasteiger partial charge in [0.05, 0.1) is 6.42 Å². The summed E-state index contributed by atoms with van der Waals surface area (Å²) in [6, 6.07) is 13.4. The molecular weight excluding hydrogens is 336 g/mol. The van der Waals surface area contributed by atoms with E-state index < -0.39 is 0 Å². The van der Waals surface area contributed by atoms with Crippen LogP contribution in [0, 0.1) is 6.92 Å². The van der Waals surface area contributed by atoms with Gasteiger partial charge in [0, 0.05) is 17.8 Å². The van der Waals surface area contributed by atoms with Crippen LogP contribution in [0.3, 0.4) is 0 Å². The Kier molecular flexibility index (Phi) is 7.31. The molecule has 0 saturated carbocycles. The second kappa shape index (κ2) is 8.77. The molecule has 0 aliphatic carbocycles. The number of hydrogen-bond donors (Lipinski definition) is 2. The van der Waals surface area contributed by atoms with E-state index in [0.717, 1.165) is 22.4 Å². The van der Waals surface area contributed by atoms with Crippen LogP contribution in [0.1, 0.15) is 37.5 Å². The van der Waals surface area contributed by atoms with Gasteiger partial charge >= 0.3 is 0 Å². The van der Waals surface area contributed by atoms with Crippen molar-refractivity contribution in [1.29, 1.82) is 0 Å². The molecular formula is C20H27ClN2O2. The minimum atomic E-state index is -0.281. The average molecular weight is 363 g/mol. The zero-order valence-electron chi connectivity index (χ0n) is 15.3. The van der Waals surface area contributed by atoms with E-state index in [2.05, 4.69) is 5.32 Å². The molecule has 5 heteroatoms. The molecule has 4 nitrogen and oxygen atoms in total. The maximum Gasteiger partial charge on any atom is 0.224 e. The molecule has 2 aromatic rings. The van der Waals surface area contributed by atoms with Crippen molar-refractivity contribution in [2.45, 2.75) is 46.3 Å². The number of carbonyl (C=O) groups is 1. The van der Waals surface area contributed by atoms with Gasteiger partial charge in [0.1, 0.15) is 11.4 Å². The molecule has 2 aromatic carbocycles. The van der Waals surface area contributed by atoms with Gasteiger partial charge in [0.2, 0.25) is 5.91 Å². The monoisotopic (exact) mass is 362 g/mol. The van der Waals surface area contributed by atoms with Crippen LogP contribution in [0.2, 0.25) is 0 Å². The second-order valence-electron chi connectivity index (χ2n) is 7.02. The highest BCUT2D eigenvalue weighted by atomic mass is 35.5. The molecule has 25 heavy (non-hydrogen) atoms. The van der Waals surface area contributed by atoms with E-state index in [1.54, 1.807) is 12.1 Å². The molecule has 0 aromatic heterocycles. The van der Waals surface area contributed by atoms with Gasteiger partial charge in [-0.15, -0.1) is 12.4 Å². The van der Waals surface area contributed by atoms with Crippen molar-refractivity contribution in [2.24, 2.45) is 0 Å². The molecule has 0 heterocycles. The standard InChI is InChI=1S/C20H26N2O2.ClH/c1-14-5-8-16(18(11-14)24-20(2,3)4)13-22-19(23)12-15-6-9-17(21)10-7-15;/h5-11H,12-13,21H2,1-4H3,(H,22,23);1H. The lowest BCUT2D eigenvalue weighted by Crippen LogP contribution is -2.27. The van der Waals surface area contributed by atoms with Crippen LogP contribution < -0.4 is 15.8 Å². The van der Waals surface area contributed by atoms with E-state index in [9.17, 15) is 4.79 Å². The molecule has 0 radical (unpaired) electrons. The Balaban J connectivity index is 0.00000312. The smallest absolute Gasteiger partial charge is 0.224 e. The number of rotatable bonds is 5. The van der Waals surface area contributed by atoms with Crippen LogP contribution in [-0.2, 0) is 17.8 Å². The number of nitrogens with two attached hydrogens (primary N) is 1. The molecule has 136 valence electrons. The highest BCUT2D eigenvalue weighted by Crippen LogP contribution is 2.24. The minimum Gasteiger partial charge on any atom is -0.488 e. The van der Waals surface area contributed by atoms with Gasteiger partial charge in [-0.2, -0.15) is 0 Å². The van der Waals surface area contributed by atoms with Crippen LogP contribution in [0.25, 0.3) is 0 Å². The van der Waals surface area contributed by atoms with E-state index in [1.807, 2.05) is 58.0 Å². The topological polar surface area (TPSA) is 64.4 Å². The SMILES string of the molecule is Cc1ccc(CNC(=O)Cc2ccc(N)cc2)c(OC(C)(C)C)c1.Cl. The summed E-state index contributed by atoms with van der Waals surface area (Å²) in [6.07, 6.45) is 0.335. The molecule has 0 atom stereocenters. The number of amides is 1. The van der Waals surface area contributed by atoms with Crippen molar-refractivity contribution in [1.82, 2.24) is 5.32 Å². The zero-order chi connectivity index (χ0) is 17.7. The van der Waals surface area contributed by atoms with E-state index in [-0.39, 0.29) is 23.9 Å². The molecule has 0 aliphatic heterocycles. The third kappa shape index (κ3) is 7.06. The summed E-state index contributed by atoms with van der Waals surface area (Å²) < 4.78 is 6.01. The van der Waals surface area contributed by atoms with E-state index in [4.69, 9.17) is 10.5 Å². The summed E-state index contributed by atoms with van der Waals surface area (Å²) in [7, 11) is 0. The first-order valence-corrected chi connectivity index (χ1v) is 8.12. The van der Waals surface area contributed by atoms with Crippen LogP contribution in [0.5, 0.6) is 5.75 Å². The molecule has 3 N–H and O–H groups in total. The van der Waals surface area contributed by atoms with Crippen LogP contribution in [-0.4, -0.2) is 11.5 Å². The van der Waals surface area contributed by atoms with Gasteiger partial charge < -0.3 is 15.8 Å². The number of nitrogen functional groups attached to an aromatic ring is 1. The number of benzene rings is 2. The predicted octanol–water partition coefficient (Wildman–Crippen LogP) is 4.04. The molecule has 0 saturated heterocycles. The molecule has 0 aliphatic rings. The van der Waals surface area contributed by atoms with Crippen molar-refractivity contribution in [2.75, 3.05) is 5.73 Å². The summed E-state index contributed by atoms with van der Waals surface area (Å²) in [5, 5.41) is 2.96. The Bertz CT molecular complexity index is 707. The zero-order valence-corrected chi connectivity index (χ0v) is 16.1. The molecule has 0 spiro atoms. The fourth-order valence-corrected chi connectivity index (χ4v) is 2.31. The lowest BCUT2D eigenvalue weighted by molar-refractivity contribution is -0.120. The lowest BCUT2D eigenvalue weighted by Gasteiger charge is -2.23. The molecule has 0 bridgehead atoms. The fraction of sp³-hybridized carbons (Fsp3) is 0.350. The average Bonchev–Trinajstić information content (AvgIpc) is 2.47. The normalized spacial score (nSPS) is 10.7. The van der Waals surface area contributed by atoms with Crippen molar-refractivity contribution in [3.8, 4) is 5.75 Å². The lowest BCUT2D eigenvalue weighted by atomic mass is 10.1. The predicted molar refractivity (Wildman–Crippen MR) is 105 cm³/mol. The largest absolute Gasteiger partial charge is 0.488 e. The molecule has 0 fully saturated rings. The van der Waals surface area contributed by atoms with E-state index >= 15 is 0 Å². The van der Waals surface area contributed by atoms with Gasteiger partial charge in [-0.25, -0.2) is 0 Å². The van der Waals surface area contributed by atoms with Gasteiger partial charge in [-0.05, 0) is 57.0 Å². The van der Waals surface area contributed by atoms with E-state index in [1.165, 1.54) is 0 Å². The molecule has 2 rings (SSSR count). The van der Waals surface area contributed by atoms with Crippen molar-refractivity contribution in [3.05, 3.63) is 59.2 Å². The number of carbonyl (C=O) groups excluding carboxylic acids is 1. The number of ether oxygens (including phenoxy) is 1. The Morgan fingerprint density at radius 1 is 1.12 bits per heavy atom. The Morgan fingerprint density at radius 2 is 1.76 bits per heavy atom. The number of anilines is 1. The van der Waals surface area contributed by atoms with Crippen molar-refractivity contribution in [3.63, 3.8) is 0 Å². The summed E-state index contributed by atoms with van der Waals surface area (Å²) in [4.78, 5) is 12.2. The Morgan fingerprint density at radius 3 is 2.36 bits per heavy atom. The Hall–Kier alpha value is -2.20. The Labute approximate surface area is 156 Å². The van der Waals surface area contributed by atoms with Crippen LogP contribution >= 0.6 is 12.4 Å². The van der Waals surface area contributed by atoms with Crippen LogP contribution in [0.15, 0.2) is 42.5 Å². The van der Waals surface area contributed by atoms with Crippen molar-refractivity contribution < 1.29 is 9.53 Å². The highest BCUT2D eigenvalue weighted by Gasteiger charge is 2.15. The summed E-state index contributed by atoms with van der Waals surface area (Å²) in [6.45, 7) is 8.51. The first-order valence-electron chi connectivity index (χ1n) is 8.12. The highest BCUT2D eigenvalue weighted by molar-refractivity contribution is 5.85. The van der Waals surface area contributed by atoms with Crippen LogP contribution in [0.4, 0.5) is 5.69 Å². The molecule has 1 amide bonds. The van der Waals surface area contributed by atoms with Gasteiger partial charge in [-0.3, -0.25) is 4.79 Å². The summed E-state index contributed by atoms with van der Waals surface area (Å²) in [5.74, 6) is 0.789. The maximum atomic E-state index is 12.2. The van der Waals surface area contributed by atoms with Gasteiger partial charge in [0.25, 0.3) is 0 Å². The molecule has 0 unspecified atom stereocenters.